The summed E-state index contributed by atoms with van der Waals surface area (Å²) in [6.07, 6.45) is 0. The van der Waals surface area contributed by atoms with Gasteiger partial charge in [0.15, 0.2) is 5.43 Å². The predicted molar refractivity (Wildman–Crippen MR) is 88.4 cm³/mol. The molecule has 1 aromatic heterocycles. The Hall–Kier alpha value is -3.14. The van der Waals surface area contributed by atoms with Gasteiger partial charge in [0.05, 0.1) is 5.39 Å². The Kier molecular flexibility index (Phi) is 3.81. The third kappa shape index (κ3) is 3.06. The van der Waals surface area contributed by atoms with E-state index in [1.54, 1.807) is 49.4 Å². The molecule has 0 aliphatic carbocycles. The minimum atomic E-state index is -0.477. The maximum atomic E-state index is 12.1. The van der Waals surface area contributed by atoms with Crippen LogP contribution in [0.5, 0.6) is 5.75 Å². The number of hydrogen-bond acceptors (Lipinski definition) is 4. The molecule has 114 valence electrons. The number of para-hydroxylation sites is 1. The summed E-state index contributed by atoms with van der Waals surface area (Å²) in [5, 5.41) is 0.545. The Bertz CT molecular complexity index is 949. The second kappa shape index (κ2) is 5.93. The highest BCUT2D eigenvalue weighted by atomic mass is 16.5. The second-order valence-corrected chi connectivity index (χ2v) is 5.17. The predicted octanol–water partition coefficient (Wildman–Crippen LogP) is 3.94. The molecular formula is C19H14O4. The van der Waals surface area contributed by atoms with E-state index < -0.39 is 5.97 Å². The third-order valence-electron chi connectivity index (χ3n) is 3.33. The molecule has 4 heteroatoms. The fourth-order valence-corrected chi connectivity index (χ4v) is 2.13. The highest BCUT2D eigenvalue weighted by molar-refractivity contribution is 5.88. The zero-order valence-electron chi connectivity index (χ0n) is 12.5. The van der Waals surface area contributed by atoms with Crippen LogP contribution < -0.4 is 10.2 Å². The van der Waals surface area contributed by atoms with Gasteiger partial charge in [0.25, 0.3) is 0 Å². The summed E-state index contributed by atoms with van der Waals surface area (Å²) in [4.78, 5) is 23.6. The molecule has 0 radical (unpaired) electrons. The molecule has 0 aliphatic heterocycles. The van der Waals surface area contributed by atoms with E-state index in [1.165, 1.54) is 6.07 Å². The van der Waals surface area contributed by atoms with Crippen LogP contribution in [0.4, 0.5) is 0 Å². The molecule has 0 unspecified atom stereocenters. The SMILES string of the molecule is C=C(C)C(=O)Oc1ccc(-c2cc(=O)c3ccccc3o2)cc1. The smallest absolute Gasteiger partial charge is 0.338 e. The van der Waals surface area contributed by atoms with E-state index in [0.717, 1.165) is 5.56 Å². The number of carbonyl (C=O) groups is 1. The van der Waals surface area contributed by atoms with Crippen molar-refractivity contribution in [3.05, 3.63) is 77.0 Å². The summed E-state index contributed by atoms with van der Waals surface area (Å²) < 4.78 is 10.9. The Morgan fingerprint density at radius 3 is 2.48 bits per heavy atom. The van der Waals surface area contributed by atoms with Crippen molar-refractivity contribution in [1.29, 1.82) is 0 Å². The summed E-state index contributed by atoms with van der Waals surface area (Å²) in [5.74, 6) is 0.395. The monoisotopic (exact) mass is 306 g/mol. The molecule has 4 nitrogen and oxygen atoms in total. The van der Waals surface area contributed by atoms with Gasteiger partial charge >= 0.3 is 5.97 Å². The fourth-order valence-electron chi connectivity index (χ4n) is 2.13. The normalized spacial score (nSPS) is 10.5. The van der Waals surface area contributed by atoms with Gasteiger partial charge in [0.2, 0.25) is 0 Å². The van der Waals surface area contributed by atoms with Crippen molar-refractivity contribution >= 4 is 16.9 Å². The number of benzene rings is 2. The summed E-state index contributed by atoms with van der Waals surface area (Å²) in [6, 6.07) is 15.3. The molecule has 0 saturated carbocycles. The molecule has 3 aromatic rings. The first-order valence-corrected chi connectivity index (χ1v) is 7.05. The lowest BCUT2D eigenvalue weighted by atomic mass is 10.1. The fraction of sp³-hybridized carbons (Fsp3) is 0.0526. The Balaban J connectivity index is 1.95. The molecule has 0 saturated heterocycles. The van der Waals surface area contributed by atoms with Gasteiger partial charge in [0, 0.05) is 17.2 Å². The van der Waals surface area contributed by atoms with Gasteiger partial charge in [-0.05, 0) is 43.3 Å². The van der Waals surface area contributed by atoms with Crippen LogP contribution >= 0.6 is 0 Å². The Morgan fingerprint density at radius 1 is 1.09 bits per heavy atom. The maximum absolute atomic E-state index is 12.1. The van der Waals surface area contributed by atoms with Crippen LogP contribution in [-0.2, 0) is 4.79 Å². The zero-order chi connectivity index (χ0) is 16.4. The number of hydrogen-bond donors (Lipinski definition) is 0. The lowest BCUT2D eigenvalue weighted by Gasteiger charge is -2.06. The van der Waals surface area contributed by atoms with Gasteiger partial charge in [-0.2, -0.15) is 0 Å². The highest BCUT2D eigenvalue weighted by Crippen LogP contribution is 2.24. The van der Waals surface area contributed by atoms with Gasteiger partial charge in [-0.3, -0.25) is 4.79 Å². The first-order valence-electron chi connectivity index (χ1n) is 7.05. The molecule has 0 aliphatic rings. The number of esters is 1. The molecule has 2 aromatic carbocycles. The van der Waals surface area contributed by atoms with Crippen molar-refractivity contribution in [1.82, 2.24) is 0 Å². The van der Waals surface area contributed by atoms with Crippen molar-refractivity contribution in [2.24, 2.45) is 0 Å². The van der Waals surface area contributed by atoms with E-state index in [4.69, 9.17) is 9.15 Å². The van der Waals surface area contributed by atoms with Gasteiger partial charge in [-0.1, -0.05) is 18.7 Å². The summed E-state index contributed by atoms with van der Waals surface area (Å²) in [6.45, 7) is 5.11. The van der Waals surface area contributed by atoms with Gasteiger partial charge < -0.3 is 9.15 Å². The number of fused-ring (bicyclic) bond motifs is 1. The summed E-state index contributed by atoms with van der Waals surface area (Å²) in [7, 11) is 0. The Morgan fingerprint density at radius 2 is 1.78 bits per heavy atom. The van der Waals surface area contributed by atoms with E-state index in [1.807, 2.05) is 6.07 Å². The van der Waals surface area contributed by atoms with Crippen molar-refractivity contribution in [2.45, 2.75) is 6.92 Å². The first-order chi connectivity index (χ1) is 11.0. The van der Waals surface area contributed by atoms with Crippen LogP contribution in [-0.4, -0.2) is 5.97 Å². The third-order valence-corrected chi connectivity index (χ3v) is 3.33. The van der Waals surface area contributed by atoms with Crippen LogP contribution in [0.1, 0.15) is 6.92 Å². The topological polar surface area (TPSA) is 56.5 Å². The van der Waals surface area contributed by atoms with Crippen molar-refractivity contribution in [3.8, 4) is 17.1 Å². The van der Waals surface area contributed by atoms with Crippen LogP contribution in [0.3, 0.4) is 0 Å². The van der Waals surface area contributed by atoms with Crippen molar-refractivity contribution in [3.63, 3.8) is 0 Å². The largest absolute Gasteiger partial charge is 0.456 e. The van der Waals surface area contributed by atoms with Gasteiger partial charge in [0.1, 0.15) is 17.1 Å². The molecular weight excluding hydrogens is 292 g/mol. The average molecular weight is 306 g/mol. The molecule has 23 heavy (non-hydrogen) atoms. The van der Waals surface area contributed by atoms with E-state index >= 15 is 0 Å². The van der Waals surface area contributed by atoms with E-state index in [9.17, 15) is 9.59 Å². The van der Waals surface area contributed by atoms with E-state index in [-0.39, 0.29) is 5.43 Å². The quantitative estimate of drug-likeness (QED) is 0.418. The first kappa shape index (κ1) is 14.8. The van der Waals surface area contributed by atoms with Gasteiger partial charge in [-0.25, -0.2) is 4.79 Å². The second-order valence-electron chi connectivity index (χ2n) is 5.17. The molecule has 0 spiro atoms. The van der Waals surface area contributed by atoms with Gasteiger partial charge in [-0.15, -0.1) is 0 Å². The van der Waals surface area contributed by atoms with Crippen LogP contribution in [0.2, 0.25) is 0 Å². The number of ether oxygens (including phenoxy) is 1. The number of carbonyl (C=O) groups excluding carboxylic acids is 1. The summed E-state index contributed by atoms with van der Waals surface area (Å²) >= 11 is 0. The molecule has 0 bridgehead atoms. The zero-order valence-corrected chi connectivity index (χ0v) is 12.5. The van der Waals surface area contributed by atoms with Crippen LogP contribution in [0, 0.1) is 0 Å². The van der Waals surface area contributed by atoms with Crippen LogP contribution in [0.25, 0.3) is 22.3 Å². The summed E-state index contributed by atoms with van der Waals surface area (Å²) in [5.41, 5.74) is 1.49. The highest BCUT2D eigenvalue weighted by Gasteiger charge is 2.08. The molecule has 3 rings (SSSR count). The average Bonchev–Trinajstić information content (AvgIpc) is 2.55. The molecule has 0 N–H and O–H groups in total. The molecule has 1 heterocycles. The molecule has 0 fully saturated rings. The standard InChI is InChI=1S/C19H14O4/c1-12(2)19(21)22-14-9-7-13(8-10-14)18-11-16(20)15-5-3-4-6-17(15)23-18/h3-11H,1H2,2H3. The van der Waals surface area contributed by atoms with Crippen LogP contribution in [0.15, 0.2) is 76.0 Å². The van der Waals surface area contributed by atoms with E-state index in [0.29, 0.717) is 28.1 Å². The van der Waals surface area contributed by atoms with Crippen molar-refractivity contribution < 1.29 is 13.9 Å². The lowest BCUT2D eigenvalue weighted by Crippen LogP contribution is -2.07. The van der Waals surface area contributed by atoms with Crippen molar-refractivity contribution in [2.75, 3.05) is 0 Å². The lowest BCUT2D eigenvalue weighted by molar-refractivity contribution is -0.130. The molecule has 0 amide bonds. The Labute approximate surface area is 132 Å². The number of rotatable bonds is 3. The molecule has 0 atom stereocenters. The minimum absolute atomic E-state index is 0.0976. The minimum Gasteiger partial charge on any atom is -0.456 e. The maximum Gasteiger partial charge on any atom is 0.338 e. The van der Waals surface area contributed by atoms with E-state index in [2.05, 4.69) is 6.58 Å².